The Morgan fingerprint density at radius 1 is 0.394 bits per heavy atom. The summed E-state index contributed by atoms with van der Waals surface area (Å²) in [7, 11) is 0. The molecular formula is C65H125NO5. The molecule has 2 atom stereocenters. The van der Waals surface area contributed by atoms with Crippen molar-refractivity contribution in [1.82, 2.24) is 5.32 Å². The molecule has 0 saturated heterocycles. The third-order valence-electron chi connectivity index (χ3n) is 15.0. The molecule has 0 rings (SSSR count). The summed E-state index contributed by atoms with van der Waals surface area (Å²) in [5, 5.41) is 23.3. The van der Waals surface area contributed by atoms with Crippen LogP contribution < -0.4 is 5.32 Å². The highest BCUT2D eigenvalue weighted by Crippen LogP contribution is 2.18. The quantitative estimate of drug-likeness (QED) is 0.0320. The largest absolute Gasteiger partial charge is 0.466 e. The standard InChI is InChI=1S/C65H125NO5/c1-3-5-7-9-11-13-15-17-19-21-27-31-35-39-43-47-51-55-59-65(70)71-60-56-52-48-44-40-36-32-28-24-22-23-26-30-34-38-42-46-50-54-58-64(69)66-62(61-67)63(68)57-53-49-45-41-37-33-29-25-20-18-16-14-12-10-8-6-4-2/h28,32,36,40,62-63,67-68H,3-27,29-31,33-35,37-39,41-61H2,1-2H3,(H,66,69)/b32-28-,40-36-. The molecule has 71 heavy (non-hydrogen) atoms. The molecule has 1 amide bonds. The van der Waals surface area contributed by atoms with Crippen LogP contribution in [0.3, 0.4) is 0 Å². The summed E-state index contributed by atoms with van der Waals surface area (Å²) in [6.45, 7) is 4.94. The Balaban J connectivity index is 3.45. The Hall–Kier alpha value is -1.66. The van der Waals surface area contributed by atoms with Crippen LogP contribution in [0.5, 0.6) is 0 Å². The summed E-state index contributed by atoms with van der Waals surface area (Å²) in [4.78, 5) is 24.6. The van der Waals surface area contributed by atoms with Gasteiger partial charge in [-0.05, 0) is 57.8 Å². The highest BCUT2D eigenvalue weighted by Gasteiger charge is 2.20. The van der Waals surface area contributed by atoms with E-state index in [-0.39, 0.29) is 18.5 Å². The van der Waals surface area contributed by atoms with Crippen LogP contribution in [0.4, 0.5) is 0 Å². The second kappa shape index (κ2) is 60.9. The minimum absolute atomic E-state index is 0.00828. The Kier molecular flexibility index (Phi) is 59.5. The molecule has 0 heterocycles. The van der Waals surface area contributed by atoms with Crippen LogP contribution >= 0.6 is 0 Å². The molecule has 0 bridgehead atoms. The average molecular weight is 1000 g/mol. The van der Waals surface area contributed by atoms with Crippen molar-refractivity contribution in [3.63, 3.8) is 0 Å². The van der Waals surface area contributed by atoms with Gasteiger partial charge >= 0.3 is 5.97 Å². The fraction of sp³-hybridized carbons (Fsp3) is 0.908. The van der Waals surface area contributed by atoms with Crippen molar-refractivity contribution in [1.29, 1.82) is 0 Å². The Morgan fingerprint density at radius 2 is 0.690 bits per heavy atom. The van der Waals surface area contributed by atoms with E-state index in [1.165, 1.54) is 250 Å². The van der Waals surface area contributed by atoms with E-state index >= 15 is 0 Å². The van der Waals surface area contributed by atoms with E-state index in [2.05, 4.69) is 43.5 Å². The molecule has 0 aliphatic carbocycles. The van der Waals surface area contributed by atoms with Gasteiger partial charge in [-0.15, -0.1) is 0 Å². The monoisotopic (exact) mass is 1000 g/mol. The van der Waals surface area contributed by atoms with Crippen LogP contribution in [0.1, 0.15) is 354 Å². The summed E-state index contributed by atoms with van der Waals surface area (Å²) in [6, 6.07) is -0.549. The molecule has 0 aliphatic heterocycles. The third kappa shape index (κ3) is 57.5. The Morgan fingerprint density at radius 3 is 1.04 bits per heavy atom. The zero-order valence-electron chi connectivity index (χ0n) is 48.0. The van der Waals surface area contributed by atoms with Crippen LogP contribution in [-0.4, -0.2) is 47.4 Å². The number of aliphatic hydroxyl groups excluding tert-OH is 2. The number of hydrogen-bond donors (Lipinski definition) is 3. The number of unbranched alkanes of at least 4 members (excludes halogenated alkanes) is 46. The smallest absolute Gasteiger partial charge is 0.305 e. The van der Waals surface area contributed by atoms with Crippen molar-refractivity contribution in [3.05, 3.63) is 24.3 Å². The first-order chi connectivity index (χ1) is 35.0. The van der Waals surface area contributed by atoms with Gasteiger partial charge in [-0.1, -0.05) is 308 Å². The summed E-state index contributed by atoms with van der Waals surface area (Å²) in [5.74, 6) is -0.0504. The van der Waals surface area contributed by atoms with E-state index in [4.69, 9.17) is 4.74 Å². The lowest BCUT2D eigenvalue weighted by Gasteiger charge is -2.22. The molecule has 0 saturated carbocycles. The lowest BCUT2D eigenvalue weighted by Crippen LogP contribution is -2.45. The Bertz CT molecular complexity index is 1110. The maximum atomic E-state index is 12.5. The van der Waals surface area contributed by atoms with Gasteiger partial charge in [0.25, 0.3) is 0 Å². The zero-order chi connectivity index (χ0) is 51.4. The van der Waals surface area contributed by atoms with Gasteiger partial charge in [-0.2, -0.15) is 0 Å². The first kappa shape index (κ1) is 69.3. The number of carbonyl (C=O) groups is 2. The Labute approximate surface area is 443 Å². The second-order valence-electron chi connectivity index (χ2n) is 22.1. The number of carbonyl (C=O) groups excluding carboxylic acids is 2. The van der Waals surface area contributed by atoms with E-state index in [0.29, 0.717) is 25.9 Å². The number of nitrogens with one attached hydrogen (secondary N) is 1. The summed E-state index contributed by atoms with van der Waals surface area (Å²) >= 11 is 0. The zero-order valence-corrected chi connectivity index (χ0v) is 48.0. The van der Waals surface area contributed by atoms with Crippen molar-refractivity contribution in [2.24, 2.45) is 0 Å². The molecule has 2 unspecified atom stereocenters. The van der Waals surface area contributed by atoms with Crippen LogP contribution in [0.2, 0.25) is 0 Å². The van der Waals surface area contributed by atoms with Crippen molar-refractivity contribution in [3.8, 4) is 0 Å². The van der Waals surface area contributed by atoms with E-state index in [1.807, 2.05) is 0 Å². The summed E-state index contributed by atoms with van der Waals surface area (Å²) in [5.41, 5.74) is 0. The predicted molar refractivity (Wildman–Crippen MR) is 310 cm³/mol. The van der Waals surface area contributed by atoms with E-state index in [1.54, 1.807) is 0 Å². The SMILES string of the molecule is CCCCCCCCCCCCCCCCCCCCC(=O)OCCCCC/C=C\C=C/CCCCCCCCCCCCC(=O)NC(CO)C(O)CCCCCCCCCCCCCCCCCCC. The molecule has 420 valence electrons. The molecule has 0 aromatic carbocycles. The van der Waals surface area contributed by atoms with Gasteiger partial charge in [-0.25, -0.2) is 0 Å². The summed E-state index contributed by atoms with van der Waals surface area (Å²) < 4.78 is 5.47. The van der Waals surface area contributed by atoms with Crippen molar-refractivity contribution >= 4 is 11.9 Å². The highest BCUT2D eigenvalue weighted by atomic mass is 16.5. The lowest BCUT2D eigenvalue weighted by molar-refractivity contribution is -0.143. The average Bonchev–Trinajstić information content (AvgIpc) is 3.37. The minimum Gasteiger partial charge on any atom is -0.466 e. The van der Waals surface area contributed by atoms with Crippen molar-refractivity contribution in [2.45, 2.75) is 366 Å². The number of rotatable bonds is 60. The number of esters is 1. The van der Waals surface area contributed by atoms with Crippen molar-refractivity contribution < 1.29 is 24.5 Å². The van der Waals surface area contributed by atoms with Crippen LogP contribution in [0, 0.1) is 0 Å². The van der Waals surface area contributed by atoms with Crippen LogP contribution in [-0.2, 0) is 14.3 Å². The first-order valence-corrected chi connectivity index (χ1v) is 32.1. The lowest BCUT2D eigenvalue weighted by atomic mass is 10.0. The first-order valence-electron chi connectivity index (χ1n) is 32.1. The molecule has 0 aliphatic rings. The number of ether oxygens (including phenoxy) is 1. The van der Waals surface area contributed by atoms with Gasteiger partial charge < -0.3 is 20.3 Å². The maximum absolute atomic E-state index is 12.5. The summed E-state index contributed by atoms with van der Waals surface area (Å²) in [6.07, 6.45) is 74.8. The van der Waals surface area contributed by atoms with Gasteiger partial charge in [-0.3, -0.25) is 9.59 Å². The molecule has 0 radical (unpaired) electrons. The maximum Gasteiger partial charge on any atom is 0.305 e. The fourth-order valence-electron chi connectivity index (χ4n) is 10.1. The van der Waals surface area contributed by atoms with Gasteiger partial charge in [0.15, 0.2) is 0 Å². The number of allylic oxidation sites excluding steroid dienone is 4. The molecule has 0 spiro atoms. The second-order valence-corrected chi connectivity index (χ2v) is 22.1. The number of aliphatic hydroxyl groups is 2. The van der Waals surface area contributed by atoms with Crippen molar-refractivity contribution in [2.75, 3.05) is 13.2 Å². The van der Waals surface area contributed by atoms with E-state index in [9.17, 15) is 19.8 Å². The number of amides is 1. The van der Waals surface area contributed by atoms with Crippen LogP contribution in [0.15, 0.2) is 24.3 Å². The van der Waals surface area contributed by atoms with E-state index in [0.717, 1.165) is 70.6 Å². The highest BCUT2D eigenvalue weighted by molar-refractivity contribution is 5.76. The normalized spacial score (nSPS) is 12.7. The molecule has 6 nitrogen and oxygen atoms in total. The fourth-order valence-corrected chi connectivity index (χ4v) is 10.1. The van der Waals surface area contributed by atoms with E-state index < -0.39 is 12.1 Å². The predicted octanol–water partition coefficient (Wildman–Crippen LogP) is 20.2. The van der Waals surface area contributed by atoms with Crippen LogP contribution in [0.25, 0.3) is 0 Å². The van der Waals surface area contributed by atoms with Gasteiger partial charge in [0.2, 0.25) is 5.91 Å². The molecule has 0 fully saturated rings. The van der Waals surface area contributed by atoms with Gasteiger partial charge in [0.1, 0.15) is 0 Å². The minimum atomic E-state index is -0.671. The number of hydrogen-bond acceptors (Lipinski definition) is 5. The molecular weight excluding hydrogens is 875 g/mol. The molecule has 0 aromatic heterocycles. The van der Waals surface area contributed by atoms with Gasteiger partial charge in [0, 0.05) is 12.8 Å². The molecule has 3 N–H and O–H groups in total. The van der Waals surface area contributed by atoms with Gasteiger partial charge in [0.05, 0.1) is 25.4 Å². The third-order valence-corrected chi connectivity index (χ3v) is 15.0. The molecule has 0 aromatic rings. The molecule has 6 heteroatoms. The topological polar surface area (TPSA) is 95.9 Å².